The van der Waals surface area contributed by atoms with E-state index in [1.807, 2.05) is 0 Å². The Morgan fingerprint density at radius 2 is 2.00 bits per heavy atom. The number of nitrogens with two attached hydrogens (primary N) is 1. The molecule has 0 aromatic carbocycles. The quantitative estimate of drug-likeness (QED) is 0.781. The third-order valence-corrected chi connectivity index (χ3v) is 5.26. The fraction of sp³-hybridized carbons (Fsp3) is 1.00. The fourth-order valence-electron chi connectivity index (χ4n) is 4.00. The molecule has 4 atom stereocenters. The molecular formula is C14H25NO. The minimum Gasteiger partial charge on any atom is -0.375 e. The van der Waals surface area contributed by atoms with Crippen LogP contribution in [0.3, 0.4) is 0 Å². The molecule has 2 saturated carbocycles. The second-order valence-electron chi connectivity index (χ2n) is 6.45. The van der Waals surface area contributed by atoms with Gasteiger partial charge in [-0.05, 0) is 49.9 Å². The Morgan fingerprint density at radius 3 is 2.62 bits per heavy atom. The van der Waals surface area contributed by atoms with Crippen molar-refractivity contribution in [2.24, 2.45) is 23.5 Å². The van der Waals surface area contributed by atoms with Gasteiger partial charge >= 0.3 is 0 Å². The summed E-state index contributed by atoms with van der Waals surface area (Å²) < 4.78 is 6.08. The van der Waals surface area contributed by atoms with E-state index in [9.17, 15) is 0 Å². The van der Waals surface area contributed by atoms with Crippen molar-refractivity contribution in [3.63, 3.8) is 0 Å². The van der Waals surface area contributed by atoms with Crippen molar-refractivity contribution in [1.29, 1.82) is 0 Å². The van der Waals surface area contributed by atoms with Gasteiger partial charge in [-0.1, -0.05) is 19.8 Å². The van der Waals surface area contributed by atoms with Crippen LogP contribution in [0, 0.1) is 17.8 Å². The zero-order chi connectivity index (χ0) is 11.2. The van der Waals surface area contributed by atoms with E-state index in [2.05, 4.69) is 6.92 Å². The smallest absolute Gasteiger partial charge is 0.0685 e. The first-order valence-electron chi connectivity index (χ1n) is 7.10. The van der Waals surface area contributed by atoms with Crippen molar-refractivity contribution >= 4 is 0 Å². The Bertz CT molecular complexity index is 259. The highest BCUT2D eigenvalue weighted by atomic mass is 16.5. The second-order valence-corrected chi connectivity index (χ2v) is 6.45. The first-order valence-corrected chi connectivity index (χ1v) is 7.10. The molecule has 92 valence electrons. The highest BCUT2D eigenvalue weighted by Crippen LogP contribution is 2.48. The van der Waals surface area contributed by atoms with Crippen LogP contribution in [0.2, 0.25) is 0 Å². The summed E-state index contributed by atoms with van der Waals surface area (Å²) in [4.78, 5) is 0. The van der Waals surface area contributed by atoms with Crippen molar-refractivity contribution in [2.75, 3.05) is 6.61 Å². The maximum atomic E-state index is 6.44. The molecule has 2 aliphatic carbocycles. The Hall–Kier alpha value is -0.0800. The number of rotatable bonds is 2. The van der Waals surface area contributed by atoms with Crippen LogP contribution in [0.4, 0.5) is 0 Å². The Balaban J connectivity index is 1.63. The predicted octanol–water partition coefficient (Wildman–Crippen LogP) is 2.71. The summed E-state index contributed by atoms with van der Waals surface area (Å²) in [5.74, 6) is 2.45. The Labute approximate surface area is 98.9 Å². The zero-order valence-corrected chi connectivity index (χ0v) is 10.5. The lowest BCUT2D eigenvalue weighted by Gasteiger charge is -2.40. The van der Waals surface area contributed by atoms with Crippen molar-refractivity contribution in [1.82, 2.24) is 0 Å². The zero-order valence-electron chi connectivity index (χ0n) is 10.5. The molecule has 2 N–H and O–H groups in total. The molecule has 1 spiro atoms. The van der Waals surface area contributed by atoms with Crippen LogP contribution in [0.1, 0.15) is 51.9 Å². The molecule has 3 rings (SSSR count). The summed E-state index contributed by atoms with van der Waals surface area (Å²) >= 11 is 0. The van der Waals surface area contributed by atoms with Crippen LogP contribution < -0.4 is 5.73 Å². The average molecular weight is 223 g/mol. The van der Waals surface area contributed by atoms with Crippen LogP contribution in [0.5, 0.6) is 0 Å². The van der Waals surface area contributed by atoms with Crippen LogP contribution in [-0.2, 0) is 4.74 Å². The summed E-state index contributed by atoms with van der Waals surface area (Å²) in [6.07, 6.45) is 9.12. The summed E-state index contributed by atoms with van der Waals surface area (Å²) in [6.45, 7) is 3.30. The second kappa shape index (κ2) is 3.99. The van der Waals surface area contributed by atoms with E-state index in [0.717, 1.165) is 24.4 Å². The van der Waals surface area contributed by atoms with Gasteiger partial charge in [0.1, 0.15) is 0 Å². The van der Waals surface area contributed by atoms with Gasteiger partial charge in [0, 0.05) is 12.6 Å². The number of hydrogen-bond donors (Lipinski definition) is 1. The molecule has 2 nitrogen and oxygen atoms in total. The number of hydrogen-bond acceptors (Lipinski definition) is 2. The molecule has 0 aromatic rings. The lowest BCUT2D eigenvalue weighted by Crippen LogP contribution is -2.44. The minimum atomic E-state index is 0.249. The monoisotopic (exact) mass is 223 g/mol. The van der Waals surface area contributed by atoms with Crippen LogP contribution in [0.15, 0.2) is 0 Å². The van der Waals surface area contributed by atoms with Crippen LogP contribution in [0.25, 0.3) is 0 Å². The predicted molar refractivity (Wildman–Crippen MR) is 65.1 cm³/mol. The molecule has 0 amide bonds. The average Bonchev–Trinajstić information content (AvgIpc) is 2.85. The Morgan fingerprint density at radius 1 is 1.31 bits per heavy atom. The summed E-state index contributed by atoms with van der Waals surface area (Å²) in [7, 11) is 0. The largest absolute Gasteiger partial charge is 0.375 e. The van der Waals surface area contributed by atoms with Gasteiger partial charge in [-0.15, -0.1) is 0 Å². The topological polar surface area (TPSA) is 35.2 Å². The highest BCUT2D eigenvalue weighted by molar-refractivity contribution is 4.99. The summed E-state index contributed by atoms with van der Waals surface area (Å²) in [6, 6.07) is 0.455. The van der Waals surface area contributed by atoms with Crippen LogP contribution >= 0.6 is 0 Å². The van der Waals surface area contributed by atoms with E-state index in [1.165, 1.54) is 44.9 Å². The van der Waals surface area contributed by atoms with Gasteiger partial charge in [-0.3, -0.25) is 0 Å². The molecule has 3 fully saturated rings. The molecule has 4 unspecified atom stereocenters. The SMILES string of the molecule is CC1CC1C(N)C1CCOC2(CCCC2)C1. The molecule has 16 heavy (non-hydrogen) atoms. The molecule has 2 heteroatoms. The van der Waals surface area contributed by atoms with E-state index in [1.54, 1.807) is 0 Å². The molecule has 0 radical (unpaired) electrons. The normalized spacial score (nSPS) is 43.5. The maximum absolute atomic E-state index is 6.44. The number of ether oxygens (including phenoxy) is 1. The first kappa shape index (κ1) is 11.0. The summed E-state index contributed by atoms with van der Waals surface area (Å²) in [5.41, 5.74) is 6.69. The molecule has 3 aliphatic rings. The minimum absolute atomic E-state index is 0.249. The van der Waals surface area contributed by atoms with E-state index >= 15 is 0 Å². The van der Waals surface area contributed by atoms with Crippen molar-refractivity contribution < 1.29 is 4.74 Å². The Kier molecular flexibility index (Phi) is 2.75. The van der Waals surface area contributed by atoms with Gasteiger partial charge in [-0.2, -0.15) is 0 Å². The maximum Gasteiger partial charge on any atom is 0.0685 e. The van der Waals surface area contributed by atoms with Gasteiger partial charge in [0.25, 0.3) is 0 Å². The van der Waals surface area contributed by atoms with Crippen LogP contribution in [-0.4, -0.2) is 18.2 Å². The molecule has 1 aliphatic heterocycles. The standard InChI is InChI=1S/C14H25NO/c1-10-8-12(10)13(15)11-4-7-16-14(9-11)5-2-3-6-14/h10-13H,2-9,15H2,1H3. The summed E-state index contributed by atoms with van der Waals surface area (Å²) in [5, 5.41) is 0. The van der Waals surface area contributed by atoms with Crippen molar-refractivity contribution in [2.45, 2.75) is 63.5 Å². The van der Waals surface area contributed by atoms with Gasteiger partial charge in [0.05, 0.1) is 5.60 Å². The van der Waals surface area contributed by atoms with Gasteiger partial charge in [-0.25, -0.2) is 0 Å². The van der Waals surface area contributed by atoms with Gasteiger partial charge in [0.2, 0.25) is 0 Å². The van der Waals surface area contributed by atoms with Gasteiger partial charge < -0.3 is 10.5 Å². The van der Waals surface area contributed by atoms with E-state index in [4.69, 9.17) is 10.5 Å². The highest BCUT2D eigenvalue weighted by Gasteiger charge is 2.46. The molecule has 1 heterocycles. The molecule has 0 aromatic heterocycles. The third kappa shape index (κ3) is 1.91. The fourth-order valence-corrected chi connectivity index (χ4v) is 4.00. The van der Waals surface area contributed by atoms with E-state index in [0.29, 0.717) is 6.04 Å². The van der Waals surface area contributed by atoms with E-state index in [-0.39, 0.29) is 5.60 Å². The third-order valence-electron chi connectivity index (χ3n) is 5.26. The molecular weight excluding hydrogens is 198 g/mol. The van der Waals surface area contributed by atoms with Gasteiger partial charge in [0.15, 0.2) is 0 Å². The molecule has 1 saturated heterocycles. The van der Waals surface area contributed by atoms with E-state index < -0.39 is 0 Å². The first-order chi connectivity index (χ1) is 7.70. The van der Waals surface area contributed by atoms with Crippen molar-refractivity contribution in [3.05, 3.63) is 0 Å². The molecule has 0 bridgehead atoms. The lowest BCUT2D eigenvalue weighted by molar-refractivity contribution is -0.0972. The van der Waals surface area contributed by atoms with Crippen molar-refractivity contribution in [3.8, 4) is 0 Å². The lowest BCUT2D eigenvalue weighted by atomic mass is 9.79.